The van der Waals surface area contributed by atoms with E-state index >= 15 is 0 Å². The van der Waals surface area contributed by atoms with Crippen LogP contribution in [0.1, 0.15) is 5.56 Å². The third kappa shape index (κ3) is 5.11. The van der Waals surface area contributed by atoms with E-state index in [2.05, 4.69) is 0 Å². The van der Waals surface area contributed by atoms with Gasteiger partial charge in [-0.1, -0.05) is 18.2 Å². The first kappa shape index (κ1) is 19.1. The fourth-order valence-corrected chi connectivity index (χ4v) is 2.19. The van der Waals surface area contributed by atoms with E-state index in [1.165, 1.54) is 18.1 Å². The van der Waals surface area contributed by atoms with Crippen molar-refractivity contribution in [2.24, 2.45) is 0 Å². The molecule has 0 unspecified atom stereocenters. The number of amides is 1. The number of benzene rings is 2. The van der Waals surface area contributed by atoms with E-state index in [-0.39, 0.29) is 12.5 Å². The minimum Gasteiger partial charge on any atom is -0.497 e. The zero-order valence-electron chi connectivity index (χ0n) is 15.0. The maximum absolute atomic E-state index is 12.1. The van der Waals surface area contributed by atoms with Crippen LogP contribution < -0.4 is 14.4 Å². The van der Waals surface area contributed by atoms with E-state index < -0.39 is 5.97 Å². The molecule has 0 radical (unpaired) electrons. The molecule has 0 aliphatic carbocycles. The van der Waals surface area contributed by atoms with Gasteiger partial charge in [0.15, 0.2) is 6.61 Å². The van der Waals surface area contributed by atoms with Crippen LogP contribution in [0.15, 0.2) is 54.6 Å². The van der Waals surface area contributed by atoms with Crippen LogP contribution in [0.4, 0.5) is 5.69 Å². The summed E-state index contributed by atoms with van der Waals surface area (Å²) in [6.07, 6.45) is 2.81. The Balaban J connectivity index is 1.92. The number of methoxy groups -OCH3 is 2. The van der Waals surface area contributed by atoms with Crippen LogP contribution in [-0.2, 0) is 14.3 Å². The van der Waals surface area contributed by atoms with Crippen LogP contribution in [0.3, 0.4) is 0 Å². The molecule has 0 atom stereocenters. The standard InChI is InChI=1S/C20H21NO5/c1-21(16-7-5-4-6-8-16)19(22)14-26-20(23)12-10-15-9-11-17(24-2)13-18(15)25-3/h4-13H,14H2,1-3H3/b12-10+. The van der Waals surface area contributed by atoms with E-state index in [1.807, 2.05) is 18.2 Å². The van der Waals surface area contributed by atoms with Crippen molar-refractivity contribution < 1.29 is 23.8 Å². The molecule has 0 fully saturated rings. The third-order valence-electron chi connectivity index (χ3n) is 3.70. The van der Waals surface area contributed by atoms with Gasteiger partial charge in [-0.3, -0.25) is 4.79 Å². The lowest BCUT2D eigenvalue weighted by atomic mass is 10.2. The number of hydrogen-bond donors (Lipinski definition) is 0. The molecular weight excluding hydrogens is 334 g/mol. The topological polar surface area (TPSA) is 65.1 Å². The second kappa shape index (κ2) is 9.27. The molecule has 2 aromatic rings. The second-order valence-electron chi connectivity index (χ2n) is 5.34. The summed E-state index contributed by atoms with van der Waals surface area (Å²) in [5.74, 6) is 0.280. The number of anilines is 1. The van der Waals surface area contributed by atoms with Crippen LogP contribution in [0.2, 0.25) is 0 Å². The summed E-state index contributed by atoms with van der Waals surface area (Å²) in [5.41, 5.74) is 1.42. The van der Waals surface area contributed by atoms with Crippen molar-refractivity contribution in [1.82, 2.24) is 0 Å². The van der Waals surface area contributed by atoms with Crippen LogP contribution in [0.25, 0.3) is 6.08 Å². The molecule has 0 spiro atoms. The van der Waals surface area contributed by atoms with E-state index in [4.69, 9.17) is 14.2 Å². The molecule has 26 heavy (non-hydrogen) atoms. The summed E-state index contributed by atoms with van der Waals surface area (Å²) in [6, 6.07) is 14.3. The molecule has 2 rings (SSSR count). The number of likely N-dealkylation sites (N-methyl/N-ethyl adjacent to an activating group) is 1. The Hall–Kier alpha value is -3.28. The Morgan fingerprint density at radius 2 is 1.77 bits per heavy atom. The fraction of sp³-hybridized carbons (Fsp3) is 0.200. The Morgan fingerprint density at radius 3 is 2.42 bits per heavy atom. The van der Waals surface area contributed by atoms with Crippen LogP contribution in [-0.4, -0.2) is 39.8 Å². The Morgan fingerprint density at radius 1 is 1.04 bits per heavy atom. The minimum atomic E-state index is -0.613. The van der Waals surface area contributed by atoms with E-state index in [9.17, 15) is 9.59 Å². The smallest absolute Gasteiger partial charge is 0.331 e. The maximum atomic E-state index is 12.1. The Bertz CT molecular complexity index is 786. The highest BCUT2D eigenvalue weighted by atomic mass is 16.5. The van der Waals surface area contributed by atoms with Crippen LogP contribution >= 0.6 is 0 Å². The first-order chi connectivity index (χ1) is 12.5. The maximum Gasteiger partial charge on any atom is 0.331 e. The van der Waals surface area contributed by atoms with Gasteiger partial charge in [-0.05, 0) is 30.3 Å². The molecule has 0 aliphatic rings. The van der Waals surface area contributed by atoms with Gasteiger partial charge in [0.05, 0.1) is 14.2 Å². The number of carbonyl (C=O) groups is 2. The molecule has 6 nitrogen and oxygen atoms in total. The normalized spacial score (nSPS) is 10.4. The molecular formula is C20H21NO5. The highest BCUT2D eigenvalue weighted by Crippen LogP contribution is 2.25. The molecule has 0 aliphatic heterocycles. The van der Waals surface area contributed by atoms with Crippen molar-refractivity contribution in [2.45, 2.75) is 0 Å². The molecule has 1 amide bonds. The molecule has 2 aromatic carbocycles. The number of para-hydroxylation sites is 1. The summed E-state index contributed by atoms with van der Waals surface area (Å²) in [5, 5.41) is 0. The Labute approximate surface area is 152 Å². The van der Waals surface area contributed by atoms with Gasteiger partial charge in [0.25, 0.3) is 5.91 Å². The van der Waals surface area contributed by atoms with Gasteiger partial charge < -0.3 is 19.1 Å². The summed E-state index contributed by atoms with van der Waals surface area (Å²) in [4.78, 5) is 25.4. The van der Waals surface area contributed by atoms with Gasteiger partial charge in [0, 0.05) is 30.4 Å². The van der Waals surface area contributed by atoms with Crippen molar-refractivity contribution >= 4 is 23.6 Å². The minimum absolute atomic E-state index is 0.319. The van der Waals surface area contributed by atoms with Gasteiger partial charge in [0.1, 0.15) is 11.5 Å². The van der Waals surface area contributed by atoms with E-state index in [0.717, 1.165) is 5.69 Å². The summed E-state index contributed by atoms with van der Waals surface area (Å²) in [7, 11) is 4.72. The second-order valence-corrected chi connectivity index (χ2v) is 5.34. The predicted octanol–water partition coefficient (Wildman–Crippen LogP) is 2.92. The number of ether oxygens (including phenoxy) is 3. The van der Waals surface area contributed by atoms with Gasteiger partial charge >= 0.3 is 5.97 Å². The SMILES string of the molecule is COc1ccc(/C=C/C(=O)OCC(=O)N(C)c2ccccc2)c(OC)c1. The summed E-state index contributed by atoms with van der Waals surface area (Å²) >= 11 is 0. The molecule has 0 bridgehead atoms. The van der Waals surface area contributed by atoms with Gasteiger partial charge in [-0.25, -0.2) is 4.79 Å². The average molecular weight is 355 g/mol. The first-order valence-corrected chi connectivity index (χ1v) is 7.93. The average Bonchev–Trinajstić information content (AvgIpc) is 2.70. The van der Waals surface area contributed by atoms with Crippen molar-refractivity contribution in [3.05, 3.63) is 60.2 Å². The number of rotatable bonds is 7. The zero-order chi connectivity index (χ0) is 18.9. The predicted molar refractivity (Wildman–Crippen MR) is 99.4 cm³/mol. The molecule has 0 saturated carbocycles. The molecule has 136 valence electrons. The monoisotopic (exact) mass is 355 g/mol. The van der Waals surface area contributed by atoms with Gasteiger partial charge in [-0.15, -0.1) is 0 Å². The number of hydrogen-bond acceptors (Lipinski definition) is 5. The fourth-order valence-electron chi connectivity index (χ4n) is 2.19. The van der Waals surface area contributed by atoms with Gasteiger partial charge in [0.2, 0.25) is 0 Å². The van der Waals surface area contributed by atoms with Crippen molar-refractivity contribution in [3.8, 4) is 11.5 Å². The molecule has 0 aromatic heterocycles. The van der Waals surface area contributed by atoms with Crippen LogP contribution in [0.5, 0.6) is 11.5 Å². The van der Waals surface area contributed by atoms with Crippen molar-refractivity contribution in [2.75, 3.05) is 32.8 Å². The lowest BCUT2D eigenvalue weighted by Gasteiger charge is -2.16. The van der Waals surface area contributed by atoms with E-state index in [1.54, 1.807) is 50.6 Å². The third-order valence-corrected chi connectivity index (χ3v) is 3.70. The van der Waals surface area contributed by atoms with Crippen LogP contribution in [0, 0.1) is 0 Å². The summed E-state index contributed by atoms with van der Waals surface area (Å²) in [6.45, 7) is -0.339. The highest BCUT2D eigenvalue weighted by molar-refractivity contribution is 5.96. The molecule has 6 heteroatoms. The molecule has 0 heterocycles. The Kier molecular flexibility index (Phi) is 6.79. The van der Waals surface area contributed by atoms with Crippen molar-refractivity contribution in [1.29, 1.82) is 0 Å². The number of esters is 1. The summed E-state index contributed by atoms with van der Waals surface area (Å²) < 4.78 is 15.4. The van der Waals surface area contributed by atoms with E-state index in [0.29, 0.717) is 17.1 Å². The first-order valence-electron chi connectivity index (χ1n) is 7.93. The quantitative estimate of drug-likeness (QED) is 0.564. The highest BCUT2D eigenvalue weighted by Gasteiger charge is 2.12. The zero-order valence-corrected chi connectivity index (χ0v) is 15.0. The number of carbonyl (C=O) groups excluding carboxylic acids is 2. The lowest BCUT2D eigenvalue weighted by molar-refractivity contribution is -0.142. The van der Waals surface area contributed by atoms with Crippen molar-refractivity contribution in [3.63, 3.8) is 0 Å². The van der Waals surface area contributed by atoms with Gasteiger partial charge in [-0.2, -0.15) is 0 Å². The molecule has 0 saturated heterocycles. The molecule has 0 N–H and O–H groups in total. The number of nitrogens with zero attached hydrogens (tertiary/aromatic N) is 1. The largest absolute Gasteiger partial charge is 0.497 e. The lowest BCUT2D eigenvalue weighted by Crippen LogP contribution is -2.30.